The lowest BCUT2D eigenvalue weighted by molar-refractivity contribution is 0.473. The van der Waals surface area contributed by atoms with Crippen molar-refractivity contribution in [2.75, 3.05) is 18.6 Å². The number of phenols is 1. The van der Waals surface area contributed by atoms with Gasteiger partial charge in [0.1, 0.15) is 11.6 Å². The van der Waals surface area contributed by atoms with Crippen molar-refractivity contribution in [2.45, 2.75) is 0 Å². The van der Waals surface area contributed by atoms with E-state index in [0.717, 1.165) is 16.6 Å². The average molecular weight is 314 g/mol. The van der Waals surface area contributed by atoms with Gasteiger partial charge in [-0.3, -0.25) is 4.98 Å². The lowest BCUT2D eigenvalue weighted by atomic mass is 10.1. The van der Waals surface area contributed by atoms with Crippen LogP contribution in [0, 0.1) is 5.82 Å². The minimum absolute atomic E-state index is 0.0218. The van der Waals surface area contributed by atoms with Gasteiger partial charge in [-0.15, -0.1) is 0 Å². The number of hydrogen-bond acceptors (Lipinski definition) is 3. The van der Waals surface area contributed by atoms with E-state index in [1.807, 2.05) is 12.1 Å². The first-order valence-electron chi connectivity index (χ1n) is 6.86. The second-order valence-corrected chi connectivity index (χ2v) is 7.55. The fraction of sp³-hybridized carbons (Fsp3) is 0.118. The fourth-order valence-electron chi connectivity index (χ4n) is 2.28. The van der Waals surface area contributed by atoms with Gasteiger partial charge in [0, 0.05) is 23.3 Å². The summed E-state index contributed by atoms with van der Waals surface area (Å²) < 4.78 is 13.9. The Bertz CT molecular complexity index is 836. The minimum Gasteiger partial charge on any atom is -0.508 e. The van der Waals surface area contributed by atoms with Gasteiger partial charge in [0.25, 0.3) is 0 Å². The standard InChI is InChI=1S/C17H16FN2OP/c1-22(2)12-4-6-15-13(10-12)16(7-8-19-15)20-17-9-11(21)3-5-14(17)18/h3-10,21H,1-2H3,(H,19,20). The third-order valence-corrected chi connectivity index (χ3v) is 4.77. The van der Waals surface area contributed by atoms with E-state index in [9.17, 15) is 9.50 Å². The number of rotatable bonds is 3. The molecule has 2 aromatic carbocycles. The van der Waals surface area contributed by atoms with Crippen LogP contribution in [0.1, 0.15) is 0 Å². The van der Waals surface area contributed by atoms with Crippen molar-refractivity contribution in [3.63, 3.8) is 0 Å². The summed E-state index contributed by atoms with van der Waals surface area (Å²) in [6, 6.07) is 11.9. The second-order valence-electron chi connectivity index (χ2n) is 5.24. The number of benzene rings is 2. The first-order valence-corrected chi connectivity index (χ1v) is 9.10. The van der Waals surface area contributed by atoms with Gasteiger partial charge in [-0.2, -0.15) is 0 Å². The molecule has 0 radical (unpaired) electrons. The number of phenolic OH excluding ortho intramolecular Hbond substituents is 1. The quantitative estimate of drug-likeness (QED) is 0.713. The van der Waals surface area contributed by atoms with E-state index in [1.54, 1.807) is 6.20 Å². The molecule has 0 aliphatic heterocycles. The topological polar surface area (TPSA) is 45.2 Å². The Balaban J connectivity index is 2.10. The van der Waals surface area contributed by atoms with Crippen molar-refractivity contribution in [1.29, 1.82) is 0 Å². The van der Waals surface area contributed by atoms with Crippen LogP contribution in [0.4, 0.5) is 15.8 Å². The third kappa shape index (κ3) is 2.88. The molecule has 0 aliphatic carbocycles. The van der Waals surface area contributed by atoms with Crippen molar-refractivity contribution >= 4 is 35.5 Å². The number of nitrogens with one attached hydrogen (secondary N) is 1. The number of aromatic nitrogens is 1. The third-order valence-electron chi connectivity index (χ3n) is 3.46. The van der Waals surface area contributed by atoms with E-state index in [2.05, 4.69) is 35.8 Å². The van der Waals surface area contributed by atoms with E-state index < -0.39 is 5.82 Å². The number of fused-ring (bicyclic) bond motifs is 1. The molecular formula is C17H16FN2OP. The number of pyridine rings is 1. The van der Waals surface area contributed by atoms with Crippen LogP contribution in [-0.4, -0.2) is 23.4 Å². The summed E-state index contributed by atoms with van der Waals surface area (Å²) in [4.78, 5) is 4.35. The molecule has 3 rings (SSSR count). The molecule has 0 spiro atoms. The van der Waals surface area contributed by atoms with Crippen LogP contribution >= 0.6 is 7.92 Å². The van der Waals surface area contributed by atoms with Crippen LogP contribution in [0.5, 0.6) is 5.75 Å². The normalized spacial score (nSPS) is 11.1. The van der Waals surface area contributed by atoms with Crippen LogP contribution in [0.3, 0.4) is 0 Å². The van der Waals surface area contributed by atoms with Gasteiger partial charge in [0.05, 0.1) is 11.2 Å². The number of anilines is 2. The van der Waals surface area contributed by atoms with Crippen LogP contribution in [-0.2, 0) is 0 Å². The van der Waals surface area contributed by atoms with Crippen LogP contribution in [0.25, 0.3) is 10.9 Å². The molecule has 1 heterocycles. The number of nitrogens with zero attached hydrogens (tertiary/aromatic N) is 1. The molecule has 112 valence electrons. The predicted octanol–water partition coefficient (Wildman–Crippen LogP) is 4.19. The molecule has 0 unspecified atom stereocenters. The molecule has 2 N–H and O–H groups in total. The first kappa shape index (κ1) is 14.7. The first-order chi connectivity index (χ1) is 10.5. The Labute approximate surface area is 129 Å². The van der Waals surface area contributed by atoms with Crippen molar-refractivity contribution in [3.05, 3.63) is 54.5 Å². The van der Waals surface area contributed by atoms with Crippen molar-refractivity contribution < 1.29 is 9.50 Å². The summed E-state index contributed by atoms with van der Waals surface area (Å²) in [7, 11) is -0.221. The predicted molar refractivity (Wildman–Crippen MR) is 91.5 cm³/mol. The Kier molecular flexibility index (Phi) is 3.95. The van der Waals surface area contributed by atoms with Crippen molar-refractivity contribution in [1.82, 2.24) is 4.98 Å². The van der Waals surface area contributed by atoms with Gasteiger partial charge in [-0.05, 0) is 49.0 Å². The Morgan fingerprint density at radius 2 is 1.86 bits per heavy atom. The summed E-state index contributed by atoms with van der Waals surface area (Å²) in [5.41, 5.74) is 1.87. The van der Waals surface area contributed by atoms with Gasteiger partial charge in [-0.25, -0.2) is 4.39 Å². The lowest BCUT2D eigenvalue weighted by Gasteiger charge is -2.13. The van der Waals surface area contributed by atoms with E-state index in [0.29, 0.717) is 0 Å². The Hall–Kier alpha value is -2.19. The molecule has 3 aromatic rings. The molecule has 0 atom stereocenters. The SMILES string of the molecule is CP(C)c1ccc2nccc(Nc3cc(O)ccc3F)c2c1. The monoisotopic (exact) mass is 314 g/mol. The summed E-state index contributed by atoms with van der Waals surface area (Å²) >= 11 is 0. The van der Waals surface area contributed by atoms with Gasteiger partial charge >= 0.3 is 0 Å². The van der Waals surface area contributed by atoms with Crippen molar-refractivity contribution in [2.24, 2.45) is 0 Å². The molecular weight excluding hydrogens is 298 g/mol. The number of halogens is 1. The minimum atomic E-state index is -0.410. The molecule has 1 aromatic heterocycles. The maximum absolute atomic E-state index is 13.9. The molecule has 0 fully saturated rings. The molecule has 22 heavy (non-hydrogen) atoms. The highest BCUT2D eigenvalue weighted by Gasteiger charge is 2.08. The van der Waals surface area contributed by atoms with E-state index in [-0.39, 0.29) is 19.4 Å². The molecule has 0 aliphatic rings. The number of hydrogen-bond donors (Lipinski definition) is 2. The smallest absolute Gasteiger partial charge is 0.146 e. The van der Waals surface area contributed by atoms with Crippen LogP contribution in [0.15, 0.2) is 48.7 Å². The summed E-state index contributed by atoms with van der Waals surface area (Å²) in [5.74, 6) is -0.388. The largest absolute Gasteiger partial charge is 0.508 e. The zero-order valence-electron chi connectivity index (χ0n) is 12.3. The maximum atomic E-state index is 13.9. The molecule has 0 saturated carbocycles. The van der Waals surface area contributed by atoms with Gasteiger partial charge in [-0.1, -0.05) is 14.0 Å². The molecule has 3 nitrogen and oxygen atoms in total. The molecule has 0 amide bonds. The molecule has 0 bridgehead atoms. The van der Waals surface area contributed by atoms with E-state index >= 15 is 0 Å². The van der Waals surface area contributed by atoms with Crippen molar-refractivity contribution in [3.8, 4) is 5.75 Å². The lowest BCUT2D eigenvalue weighted by Crippen LogP contribution is -2.01. The van der Waals surface area contributed by atoms with Gasteiger partial charge < -0.3 is 10.4 Å². The van der Waals surface area contributed by atoms with Crippen LogP contribution < -0.4 is 10.6 Å². The highest BCUT2D eigenvalue weighted by molar-refractivity contribution is 7.64. The summed E-state index contributed by atoms with van der Waals surface area (Å²) in [6.45, 7) is 4.38. The maximum Gasteiger partial charge on any atom is 0.146 e. The summed E-state index contributed by atoms with van der Waals surface area (Å²) in [6.07, 6.45) is 1.69. The highest BCUT2D eigenvalue weighted by Crippen LogP contribution is 2.31. The van der Waals surface area contributed by atoms with Gasteiger partial charge in [0.15, 0.2) is 0 Å². The van der Waals surface area contributed by atoms with Gasteiger partial charge in [0.2, 0.25) is 0 Å². The molecule has 0 saturated heterocycles. The average Bonchev–Trinajstić information content (AvgIpc) is 2.50. The summed E-state index contributed by atoms with van der Waals surface area (Å²) in [5, 5.41) is 14.8. The highest BCUT2D eigenvalue weighted by atomic mass is 31.1. The molecule has 5 heteroatoms. The fourth-order valence-corrected chi connectivity index (χ4v) is 3.04. The zero-order chi connectivity index (χ0) is 15.7. The van der Waals surface area contributed by atoms with E-state index in [1.165, 1.54) is 23.5 Å². The second kappa shape index (κ2) is 5.90. The number of aromatic hydroxyl groups is 1. The van der Waals surface area contributed by atoms with E-state index in [4.69, 9.17) is 0 Å². The van der Waals surface area contributed by atoms with Crippen LogP contribution in [0.2, 0.25) is 0 Å². The Morgan fingerprint density at radius 1 is 1.05 bits per heavy atom. The zero-order valence-corrected chi connectivity index (χ0v) is 13.2. The Morgan fingerprint density at radius 3 is 2.64 bits per heavy atom.